The maximum atomic E-state index is 5.77. The molecule has 3 atom stereocenters. The monoisotopic (exact) mass is 274 g/mol. The van der Waals surface area contributed by atoms with Gasteiger partial charge in [0.15, 0.2) is 0 Å². The summed E-state index contributed by atoms with van der Waals surface area (Å²) in [5.41, 5.74) is 2.98. The zero-order chi connectivity index (χ0) is 12.1. The van der Waals surface area contributed by atoms with Crippen molar-refractivity contribution in [1.82, 2.24) is 5.43 Å². The van der Waals surface area contributed by atoms with Crippen LogP contribution in [0.4, 0.5) is 0 Å². The molecule has 2 aliphatic rings. The molecule has 0 aromatic carbocycles. The molecule has 0 aromatic heterocycles. The van der Waals surface area contributed by atoms with Gasteiger partial charge in [-0.25, -0.2) is 5.43 Å². The van der Waals surface area contributed by atoms with Gasteiger partial charge in [-0.15, -0.1) is 0 Å². The summed E-state index contributed by atoms with van der Waals surface area (Å²) in [4.78, 5) is 0. The molecule has 0 aromatic rings. The zero-order valence-corrected chi connectivity index (χ0v) is 12.0. The Morgan fingerprint density at radius 3 is 3.00 bits per heavy atom. The standard InChI is InChI=1S/C12H22N2OS2/c1-2-10-12(17-8-7-16-10)11(14-13)9-5-3-4-6-15-9/h5,10-12,14H,2-4,6-8,13H2,1H3. The molecule has 3 nitrogen and oxygen atoms in total. The second-order valence-corrected chi connectivity index (χ2v) is 7.03. The van der Waals surface area contributed by atoms with Crippen LogP contribution in [0, 0.1) is 0 Å². The summed E-state index contributed by atoms with van der Waals surface area (Å²) in [7, 11) is 0. The molecule has 0 saturated carbocycles. The van der Waals surface area contributed by atoms with Gasteiger partial charge in [0.1, 0.15) is 5.76 Å². The Morgan fingerprint density at radius 1 is 1.53 bits per heavy atom. The van der Waals surface area contributed by atoms with Gasteiger partial charge in [-0.05, 0) is 25.3 Å². The molecule has 0 radical (unpaired) electrons. The summed E-state index contributed by atoms with van der Waals surface area (Å²) in [5.74, 6) is 9.31. The Morgan fingerprint density at radius 2 is 2.35 bits per heavy atom. The van der Waals surface area contributed by atoms with Crippen LogP contribution in [0.3, 0.4) is 0 Å². The minimum Gasteiger partial charge on any atom is -0.496 e. The third-order valence-electron chi connectivity index (χ3n) is 3.27. The van der Waals surface area contributed by atoms with Crippen LogP contribution in [0.1, 0.15) is 26.2 Å². The van der Waals surface area contributed by atoms with Crippen molar-refractivity contribution in [3.05, 3.63) is 11.8 Å². The van der Waals surface area contributed by atoms with Crippen molar-refractivity contribution in [3.8, 4) is 0 Å². The lowest BCUT2D eigenvalue weighted by Gasteiger charge is -2.37. The molecule has 0 amide bonds. The summed E-state index contributed by atoms with van der Waals surface area (Å²) < 4.78 is 5.77. The Bertz CT molecular complexity index is 273. The highest BCUT2D eigenvalue weighted by molar-refractivity contribution is 8.07. The van der Waals surface area contributed by atoms with E-state index in [0.29, 0.717) is 10.5 Å². The fraction of sp³-hybridized carbons (Fsp3) is 0.833. The first-order valence-corrected chi connectivity index (χ1v) is 8.48. The van der Waals surface area contributed by atoms with E-state index >= 15 is 0 Å². The number of rotatable bonds is 4. The normalized spacial score (nSPS) is 31.5. The van der Waals surface area contributed by atoms with Gasteiger partial charge in [-0.2, -0.15) is 23.5 Å². The smallest absolute Gasteiger partial charge is 0.111 e. The quantitative estimate of drug-likeness (QED) is 0.607. The van der Waals surface area contributed by atoms with Crippen molar-refractivity contribution in [2.45, 2.75) is 42.7 Å². The topological polar surface area (TPSA) is 47.3 Å². The Kier molecular flexibility index (Phi) is 5.53. The second kappa shape index (κ2) is 6.92. The van der Waals surface area contributed by atoms with Crippen LogP contribution in [-0.4, -0.2) is 34.7 Å². The van der Waals surface area contributed by atoms with Crippen LogP contribution >= 0.6 is 23.5 Å². The van der Waals surface area contributed by atoms with Crippen molar-refractivity contribution in [2.24, 2.45) is 5.84 Å². The van der Waals surface area contributed by atoms with Crippen LogP contribution in [0.2, 0.25) is 0 Å². The molecule has 17 heavy (non-hydrogen) atoms. The number of hydrogen-bond acceptors (Lipinski definition) is 5. The maximum Gasteiger partial charge on any atom is 0.111 e. The van der Waals surface area contributed by atoms with Crippen LogP contribution in [-0.2, 0) is 4.74 Å². The molecular formula is C12H22N2OS2. The summed E-state index contributed by atoms with van der Waals surface area (Å²) in [6.07, 6.45) is 5.66. The highest BCUT2D eigenvalue weighted by Gasteiger charge is 2.34. The Labute approximate surface area is 112 Å². The molecule has 2 rings (SSSR count). The molecule has 1 saturated heterocycles. The second-order valence-electron chi connectivity index (χ2n) is 4.39. The Hall–Kier alpha value is 0.160. The van der Waals surface area contributed by atoms with E-state index in [-0.39, 0.29) is 6.04 Å². The van der Waals surface area contributed by atoms with Crippen molar-refractivity contribution in [2.75, 3.05) is 18.1 Å². The van der Waals surface area contributed by atoms with Gasteiger partial charge in [0.25, 0.3) is 0 Å². The summed E-state index contributed by atoms with van der Waals surface area (Å²) in [6, 6.07) is 0.179. The number of allylic oxidation sites excluding steroid dienone is 1. The zero-order valence-electron chi connectivity index (χ0n) is 10.4. The van der Waals surface area contributed by atoms with Crippen LogP contribution in [0.5, 0.6) is 0 Å². The van der Waals surface area contributed by atoms with Crippen molar-refractivity contribution < 1.29 is 4.74 Å². The largest absolute Gasteiger partial charge is 0.496 e. The van der Waals surface area contributed by atoms with E-state index < -0.39 is 0 Å². The van der Waals surface area contributed by atoms with E-state index in [2.05, 4.69) is 30.2 Å². The minimum atomic E-state index is 0.179. The highest BCUT2D eigenvalue weighted by atomic mass is 32.2. The number of nitrogens with two attached hydrogens (primary N) is 1. The molecule has 0 bridgehead atoms. The number of hydrogen-bond donors (Lipinski definition) is 2. The molecule has 3 N–H and O–H groups in total. The average Bonchev–Trinajstić information content (AvgIpc) is 2.41. The lowest BCUT2D eigenvalue weighted by molar-refractivity contribution is 0.166. The first-order valence-electron chi connectivity index (χ1n) is 6.39. The van der Waals surface area contributed by atoms with Crippen LogP contribution in [0.15, 0.2) is 11.8 Å². The van der Waals surface area contributed by atoms with Crippen LogP contribution in [0.25, 0.3) is 0 Å². The third kappa shape index (κ3) is 3.34. The van der Waals surface area contributed by atoms with Gasteiger partial charge < -0.3 is 4.74 Å². The highest BCUT2D eigenvalue weighted by Crippen LogP contribution is 2.37. The van der Waals surface area contributed by atoms with Crippen molar-refractivity contribution in [1.29, 1.82) is 0 Å². The minimum absolute atomic E-state index is 0.179. The van der Waals surface area contributed by atoms with E-state index in [9.17, 15) is 0 Å². The first-order chi connectivity index (χ1) is 8.36. The lowest BCUT2D eigenvalue weighted by Crippen LogP contribution is -2.50. The maximum absolute atomic E-state index is 5.77. The van der Waals surface area contributed by atoms with Gasteiger partial charge in [-0.1, -0.05) is 6.92 Å². The fourth-order valence-corrected chi connectivity index (χ4v) is 5.59. The predicted octanol–water partition coefficient (Wildman–Crippen LogP) is 2.14. The number of hydrazine groups is 1. The SMILES string of the molecule is CCC1SCCSC1C(NN)C1=CCCCO1. The van der Waals surface area contributed by atoms with Crippen LogP contribution < -0.4 is 11.3 Å². The molecule has 0 spiro atoms. The molecule has 3 unspecified atom stereocenters. The lowest BCUT2D eigenvalue weighted by atomic mass is 10.0. The Balaban J connectivity index is 2.07. The summed E-state index contributed by atoms with van der Waals surface area (Å²) in [5, 5.41) is 1.22. The number of thioether (sulfide) groups is 2. The summed E-state index contributed by atoms with van der Waals surface area (Å²) >= 11 is 4.12. The van der Waals surface area contributed by atoms with E-state index in [4.69, 9.17) is 10.6 Å². The van der Waals surface area contributed by atoms with E-state index in [1.165, 1.54) is 17.9 Å². The van der Waals surface area contributed by atoms with E-state index in [1.807, 2.05) is 11.8 Å². The van der Waals surface area contributed by atoms with E-state index in [1.54, 1.807) is 0 Å². The fourth-order valence-electron chi connectivity index (χ4n) is 2.38. The van der Waals surface area contributed by atoms with Crippen molar-refractivity contribution in [3.63, 3.8) is 0 Å². The molecule has 2 heterocycles. The summed E-state index contributed by atoms with van der Waals surface area (Å²) in [6.45, 7) is 3.10. The number of nitrogens with one attached hydrogen (secondary N) is 1. The molecule has 1 fully saturated rings. The van der Waals surface area contributed by atoms with E-state index in [0.717, 1.165) is 25.2 Å². The predicted molar refractivity (Wildman–Crippen MR) is 77.2 cm³/mol. The molecule has 5 heteroatoms. The van der Waals surface area contributed by atoms with Gasteiger partial charge in [-0.3, -0.25) is 5.84 Å². The third-order valence-corrected chi connectivity index (χ3v) is 6.62. The van der Waals surface area contributed by atoms with Gasteiger partial charge in [0.05, 0.1) is 12.6 Å². The van der Waals surface area contributed by atoms with Gasteiger partial charge in [0.2, 0.25) is 0 Å². The van der Waals surface area contributed by atoms with Crippen molar-refractivity contribution >= 4 is 23.5 Å². The molecule has 98 valence electrons. The van der Waals surface area contributed by atoms with Gasteiger partial charge in [0, 0.05) is 22.0 Å². The first kappa shape index (κ1) is 13.6. The van der Waals surface area contributed by atoms with Gasteiger partial charge >= 0.3 is 0 Å². The molecule has 2 aliphatic heterocycles. The molecule has 0 aliphatic carbocycles. The average molecular weight is 274 g/mol. The molecular weight excluding hydrogens is 252 g/mol. The number of ether oxygens (including phenoxy) is 1.